The number of methoxy groups -OCH3 is 2. The van der Waals surface area contributed by atoms with Crippen molar-refractivity contribution in [1.29, 1.82) is 0 Å². The Labute approximate surface area is 271 Å². The fraction of sp³-hybridized carbons (Fsp3) is 0.257. The van der Waals surface area contributed by atoms with Gasteiger partial charge in [0.2, 0.25) is 4.80 Å². The molecule has 0 saturated heterocycles. The molecule has 0 unspecified atom stereocenters. The van der Waals surface area contributed by atoms with E-state index in [0.29, 0.717) is 51.4 Å². The monoisotopic (exact) mass is 636 g/mol. The summed E-state index contributed by atoms with van der Waals surface area (Å²) in [5.41, 5.74) is 4.64. The second kappa shape index (κ2) is 12.7. The van der Waals surface area contributed by atoms with Gasteiger partial charge in [-0.05, 0) is 55.7 Å². The van der Waals surface area contributed by atoms with Gasteiger partial charge in [0.05, 0.1) is 37.0 Å². The molecule has 0 fully saturated rings. The Morgan fingerprint density at radius 1 is 0.913 bits per heavy atom. The first-order valence-corrected chi connectivity index (χ1v) is 15.9. The van der Waals surface area contributed by atoms with Gasteiger partial charge in [0.15, 0.2) is 11.4 Å². The second-order valence-electron chi connectivity index (χ2n) is 11.4. The number of thiazole rings is 1. The quantitative estimate of drug-likeness (QED) is 0.201. The first-order chi connectivity index (χ1) is 22.2. The van der Waals surface area contributed by atoms with E-state index < -0.39 is 0 Å². The van der Waals surface area contributed by atoms with E-state index in [9.17, 15) is 9.59 Å². The molecule has 236 valence electrons. The zero-order chi connectivity index (χ0) is 32.5. The van der Waals surface area contributed by atoms with Crippen LogP contribution < -0.4 is 24.7 Å². The predicted molar refractivity (Wildman–Crippen MR) is 182 cm³/mol. The molecule has 0 N–H and O–H groups in total. The van der Waals surface area contributed by atoms with Crippen molar-refractivity contribution in [3.63, 3.8) is 0 Å². The molecular weight excluding hydrogens is 600 g/mol. The van der Waals surface area contributed by atoms with Gasteiger partial charge in [0.1, 0.15) is 11.5 Å². The Morgan fingerprint density at radius 2 is 1.65 bits per heavy atom. The van der Waals surface area contributed by atoms with E-state index >= 15 is 0 Å². The molecular formula is C35H36N6O4S. The zero-order valence-corrected chi connectivity index (χ0v) is 27.5. The van der Waals surface area contributed by atoms with E-state index in [0.717, 1.165) is 23.4 Å². The Balaban J connectivity index is 1.60. The van der Waals surface area contributed by atoms with Gasteiger partial charge in [0, 0.05) is 30.1 Å². The Hall–Kier alpha value is -5.16. The molecule has 0 atom stereocenters. The summed E-state index contributed by atoms with van der Waals surface area (Å²) in [5, 5.41) is 6.91. The summed E-state index contributed by atoms with van der Waals surface area (Å²) in [6.45, 7) is 6.72. The molecule has 0 spiro atoms. The highest BCUT2D eigenvalue weighted by molar-refractivity contribution is 7.07. The summed E-state index contributed by atoms with van der Waals surface area (Å²) >= 11 is 1.32. The van der Waals surface area contributed by atoms with Crippen LogP contribution in [0.4, 0.5) is 11.4 Å². The van der Waals surface area contributed by atoms with Gasteiger partial charge in [-0.15, -0.1) is 11.3 Å². The number of nitrogens with zero attached hydrogens (tertiary/aromatic N) is 6. The third-order valence-electron chi connectivity index (χ3n) is 8.13. The molecule has 1 aliphatic rings. The number of ether oxygens (including phenoxy) is 2. The number of carbonyl (C=O) groups excluding carboxylic acids is 1. The van der Waals surface area contributed by atoms with E-state index in [1.165, 1.54) is 11.3 Å². The van der Waals surface area contributed by atoms with Gasteiger partial charge in [-0.3, -0.25) is 14.3 Å². The minimum absolute atomic E-state index is 0.183. The number of hydrogen-bond donors (Lipinski definition) is 0. The van der Waals surface area contributed by atoms with Crippen LogP contribution in [0.1, 0.15) is 31.5 Å². The van der Waals surface area contributed by atoms with Crippen LogP contribution in [-0.2, 0) is 11.8 Å². The fourth-order valence-electron chi connectivity index (χ4n) is 5.52. The van der Waals surface area contributed by atoms with Crippen molar-refractivity contribution in [2.24, 2.45) is 23.1 Å². The second-order valence-corrected chi connectivity index (χ2v) is 12.2. The average molecular weight is 637 g/mol. The van der Waals surface area contributed by atoms with Crippen LogP contribution in [0.2, 0.25) is 0 Å². The molecule has 5 aromatic rings. The summed E-state index contributed by atoms with van der Waals surface area (Å²) in [5.74, 6) is 1.47. The fourth-order valence-corrected chi connectivity index (χ4v) is 6.35. The normalized spacial score (nSPS) is 14.1. The lowest BCUT2D eigenvalue weighted by atomic mass is 10.1. The van der Waals surface area contributed by atoms with Crippen molar-refractivity contribution in [2.45, 2.75) is 27.2 Å². The largest absolute Gasteiger partial charge is 0.497 e. The summed E-state index contributed by atoms with van der Waals surface area (Å²) < 4.78 is 16.3. The van der Waals surface area contributed by atoms with Crippen LogP contribution in [0.25, 0.3) is 16.9 Å². The molecule has 0 radical (unpaired) electrons. The van der Waals surface area contributed by atoms with Gasteiger partial charge < -0.3 is 14.4 Å². The van der Waals surface area contributed by atoms with Crippen molar-refractivity contribution in [3.8, 4) is 28.4 Å². The number of amides is 1. The highest BCUT2D eigenvalue weighted by atomic mass is 32.1. The molecule has 3 aromatic carbocycles. The van der Waals surface area contributed by atoms with Crippen molar-refractivity contribution in [1.82, 2.24) is 14.0 Å². The topological polar surface area (TPSA) is 95.3 Å². The lowest BCUT2D eigenvalue weighted by Crippen LogP contribution is -2.32. The molecule has 2 aromatic heterocycles. The Bertz CT molecular complexity index is 2080. The number of fused-ring (bicyclic) bond motifs is 1. The highest BCUT2D eigenvalue weighted by Crippen LogP contribution is 2.35. The smallest absolute Gasteiger partial charge is 0.297 e. The summed E-state index contributed by atoms with van der Waals surface area (Å²) in [4.78, 5) is 35.0. The minimum Gasteiger partial charge on any atom is -0.497 e. The van der Waals surface area contributed by atoms with Crippen LogP contribution in [-0.4, -0.2) is 46.4 Å². The first kappa shape index (κ1) is 30.8. The molecule has 1 aliphatic heterocycles. The van der Waals surface area contributed by atoms with E-state index in [2.05, 4.69) is 13.8 Å². The molecule has 0 aliphatic carbocycles. The molecule has 10 nitrogen and oxygen atoms in total. The van der Waals surface area contributed by atoms with Crippen LogP contribution >= 0.6 is 11.3 Å². The summed E-state index contributed by atoms with van der Waals surface area (Å²) in [6.07, 6.45) is 0.854. The van der Waals surface area contributed by atoms with Gasteiger partial charge in [-0.1, -0.05) is 50.2 Å². The van der Waals surface area contributed by atoms with Crippen LogP contribution in [0.15, 0.2) is 93.1 Å². The SMILES string of the molecule is COc1ccc(OC)c(-c2csc(=Nc3c(C)n(C)n(-c4ccccc4)c3=O)n2N=C2C(=O)N(CCC(C)C)c3ccccc32)c1. The number of anilines is 1. The molecule has 0 saturated carbocycles. The number of benzene rings is 3. The maximum atomic E-state index is 14.0. The molecule has 1 amide bonds. The van der Waals surface area contributed by atoms with Gasteiger partial charge in [-0.25, -0.2) is 14.4 Å². The lowest BCUT2D eigenvalue weighted by Gasteiger charge is -2.17. The molecule has 46 heavy (non-hydrogen) atoms. The maximum Gasteiger partial charge on any atom is 0.297 e. The zero-order valence-electron chi connectivity index (χ0n) is 26.7. The maximum absolute atomic E-state index is 14.0. The lowest BCUT2D eigenvalue weighted by molar-refractivity contribution is -0.112. The van der Waals surface area contributed by atoms with Crippen molar-refractivity contribution in [3.05, 3.63) is 105 Å². The van der Waals surface area contributed by atoms with Gasteiger partial charge >= 0.3 is 0 Å². The Morgan fingerprint density at radius 3 is 2.37 bits per heavy atom. The van der Waals surface area contributed by atoms with Crippen LogP contribution in [0.5, 0.6) is 11.5 Å². The summed E-state index contributed by atoms with van der Waals surface area (Å²) in [6, 6.07) is 22.6. The van der Waals surface area contributed by atoms with E-state index in [1.807, 2.05) is 92.1 Å². The van der Waals surface area contributed by atoms with Crippen molar-refractivity contribution >= 4 is 34.3 Å². The minimum atomic E-state index is -0.263. The molecule has 0 bridgehead atoms. The number of aromatic nitrogens is 3. The standard InChI is InChI=1S/C35H36N6O4S/c1-22(2)18-19-39-28-15-11-10-14-26(28)32(33(39)42)37-40-29(27-20-25(44-5)16-17-30(27)45-6)21-46-35(40)36-31-23(3)38(4)41(34(31)43)24-12-8-7-9-13-24/h7-17,20-22H,18-19H2,1-6H3. The van der Waals surface area contributed by atoms with E-state index in [1.54, 1.807) is 33.2 Å². The van der Waals surface area contributed by atoms with Crippen LogP contribution in [0.3, 0.4) is 0 Å². The highest BCUT2D eigenvalue weighted by Gasteiger charge is 2.34. The Kier molecular flexibility index (Phi) is 8.50. The first-order valence-electron chi connectivity index (χ1n) is 15.1. The van der Waals surface area contributed by atoms with Crippen molar-refractivity contribution in [2.75, 3.05) is 25.7 Å². The van der Waals surface area contributed by atoms with Crippen LogP contribution in [0, 0.1) is 12.8 Å². The third-order valence-corrected chi connectivity index (χ3v) is 8.94. The average Bonchev–Trinajstić information content (AvgIpc) is 3.66. The van der Waals surface area contributed by atoms with Crippen molar-refractivity contribution < 1.29 is 14.3 Å². The number of para-hydroxylation sites is 2. The third kappa shape index (κ3) is 5.47. The molecule has 6 rings (SSSR count). The number of carbonyl (C=O) groups is 1. The number of rotatable bonds is 9. The van der Waals surface area contributed by atoms with Gasteiger partial charge in [-0.2, -0.15) is 5.10 Å². The van der Waals surface area contributed by atoms with E-state index in [4.69, 9.17) is 19.6 Å². The number of hydrogen-bond acceptors (Lipinski definition) is 7. The van der Waals surface area contributed by atoms with Gasteiger partial charge in [0.25, 0.3) is 11.5 Å². The summed E-state index contributed by atoms with van der Waals surface area (Å²) in [7, 11) is 5.03. The molecule has 3 heterocycles. The van der Waals surface area contributed by atoms with E-state index in [-0.39, 0.29) is 17.2 Å². The predicted octanol–water partition coefficient (Wildman–Crippen LogP) is 5.91. The molecule has 11 heteroatoms.